The van der Waals surface area contributed by atoms with Crippen molar-refractivity contribution in [1.29, 1.82) is 0 Å². The van der Waals surface area contributed by atoms with Gasteiger partial charge in [0, 0.05) is 22.1 Å². The zero-order chi connectivity index (χ0) is 21.8. The van der Waals surface area contributed by atoms with Crippen LogP contribution in [0.1, 0.15) is 44.1 Å². The first-order chi connectivity index (χ1) is 15.0. The van der Waals surface area contributed by atoms with E-state index in [1.54, 1.807) is 11.3 Å². The number of rotatable bonds is 6. The second-order valence-corrected chi connectivity index (χ2v) is 9.40. The molecule has 164 valence electrons. The summed E-state index contributed by atoms with van der Waals surface area (Å²) in [6.45, 7) is 5.80. The fourth-order valence-corrected chi connectivity index (χ4v) is 5.42. The lowest BCUT2D eigenvalue weighted by Gasteiger charge is -2.32. The van der Waals surface area contributed by atoms with Crippen LogP contribution in [0.15, 0.2) is 41.8 Å². The Hall–Kier alpha value is -2.09. The van der Waals surface area contributed by atoms with Crippen LogP contribution >= 0.6 is 23.6 Å². The molecule has 3 aromatic rings. The number of piperidine rings is 1. The molecule has 2 aromatic carbocycles. The highest BCUT2D eigenvalue weighted by Gasteiger charge is 2.22. The number of hydrogen-bond donors (Lipinski definition) is 2. The van der Waals surface area contributed by atoms with Gasteiger partial charge in [-0.25, -0.2) is 8.78 Å². The number of unbranched alkanes of at least 4 members (excludes halogenated alkanes) is 1. The SMILES string of the molecule is CCCCN1CCC(c2csc3ccc(NC(=S)Nc4ccc(F)c(F)c4)cc23)CC1. The van der Waals surface area contributed by atoms with E-state index >= 15 is 0 Å². The summed E-state index contributed by atoms with van der Waals surface area (Å²) in [4.78, 5) is 2.59. The third kappa shape index (κ3) is 5.40. The molecule has 1 aliphatic heterocycles. The largest absolute Gasteiger partial charge is 0.332 e. The van der Waals surface area contributed by atoms with Gasteiger partial charge in [-0.05, 0) is 104 Å². The monoisotopic (exact) mass is 459 g/mol. The molecule has 1 saturated heterocycles. The number of thiocarbonyl (C=S) groups is 1. The Morgan fingerprint density at radius 3 is 2.48 bits per heavy atom. The van der Waals surface area contributed by atoms with Crippen molar-refractivity contribution < 1.29 is 8.78 Å². The van der Waals surface area contributed by atoms with E-state index in [2.05, 4.69) is 40.0 Å². The minimum Gasteiger partial charge on any atom is -0.332 e. The van der Waals surface area contributed by atoms with Crippen LogP contribution in [0.3, 0.4) is 0 Å². The molecular weight excluding hydrogens is 432 g/mol. The van der Waals surface area contributed by atoms with E-state index in [1.807, 2.05) is 6.07 Å². The van der Waals surface area contributed by atoms with Crippen LogP contribution in [0.5, 0.6) is 0 Å². The molecule has 7 heteroatoms. The molecule has 1 aliphatic rings. The summed E-state index contributed by atoms with van der Waals surface area (Å²) in [7, 11) is 0. The fraction of sp³-hybridized carbons (Fsp3) is 0.375. The zero-order valence-electron chi connectivity index (χ0n) is 17.6. The molecule has 31 heavy (non-hydrogen) atoms. The summed E-state index contributed by atoms with van der Waals surface area (Å²) >= 11 is 7.15. The number of nitrogens with one attached hydrogen (secondary N) is 2. The van der Waals surface area contributed by atoms with Crippen molar-refractivity contribution in [2.75, 3.05) is 30.3 Å². The highest BCUT2D eigenvalue weighted by molar-refractivity contribution is 7.80. The van der Waals surface area contributed by atoms with Gasteiger partial charge >= 0.3 is 0 Å². The van der Waals surface area contributed by atoms with Crippen LogP contribution in [-0.2, 0) is 0 Å². The molecule has 2 heterocycles. The highest BCUT2D eigenvalue weighted by atomic mass is 32.1. The summed E-state index contributed by atoms with van der Waals surface area (Å²) in [5.74, 6) is -1.19. The first kappa shape index (κ1) is 22.1. The molecule has 0 saturated carbocycles. The van der Waals surface area contributed by atoms with Gasteiger partial charge in [-0.15, -0.1) is 11.3 Å². The molecule has 0 radical (unpaired) electrons. The van der Waals surface area contributed by atoms with Crippen molar-refractivity contribution in [2.24, 2.45) is 0 Å². The van der Waals surface area contributed by atoms with Crippen LogP contribution < -0.4 is 10.6 Å². The Bertz CT molecular complexity index is 1060. The summed E-state index contributed by atoms with van der Waals surface area (Å²) in [6.07, 6.45) is 4.92. The van der Waals surface area contributed by atoms with E-state index in [0.717, 1.165) is 17.8 Å². The minimum atomic E-state index is -0.905. The van der Waals surface area contributed by atoms with E-state index in [-0.39, 0.29) is 0 Å². The van der Waals surface area contributed by atoms with E-state index in [9.17, 15) is 8.78 Å². The Morgan fingerprint density at radius 1 is 1.06 bits per heavy atom. The van der Waals surface area contributed by atoms with Gasteiger partial charge in [-0.1, -0.05) is 13.3 Å². The van der Waals surface area contributed by atoms with Gasteiger partial charge in [-0.3, -0.25) is 0 Å². The lowest BCUT2D eigenvalue weighted by Crippen LogP contribution is -2.33. The van der Waals surface area contributed by atoms with Gasteiger partial charge in [0.15, 0.2) is 16.7 Å². The molecule has 0 aliphatic carbocycles. The van der Waals surface area contributed by atoms with Gasteiger partial charge < -0.3 is 15.5 Å². The molecule has 0 atom stereocenters. The van der Waals surface area contributed by atoms with Crippen molar-refractivity contribution in [3.63, 3.8) is 0 Å². The lowest BCUT2D eigenvalue weighted by molar-refractivity contribution is 0.210. The molecule has 0 spiro atoms. The molecule has 0 amide bonds. The number of hydrogen-bond acceptors (Lipinski definition) is 3. The molecule has 0 unspecified atom stereocenters. The quantitative estimate of drug-likeness (QED) is 0.389. The predicted molar refractivity (Wildman–Crippen MR) is 131 cm³/mol. The summed E-state index contributed by atoms with van der Waals surface area (Å²) in [5.41, 5.74) is 2.72. The van der Waals surface area contributed by atoms with Crippen molar-refractivity contribution in [3.8, 4) is 0 Å². The molecule has 1 fully saturated rings. The Morgan fingerprint density at radius 2 is 1.77 bits per heavy atom. The third-order valence-corrected chi connectivity index (χ3v) is 7.08. The Kier molecular flexibility index (Phi) is 7.15. The molecule has 1 aromatic heterocycles. The summed E-state index contributed by atoms with van der Waals surface area (Å²) in [5, 5.41) is 10.00. The van der Waals surface area contributed by atoms with Crippen LogP contribution in [-0.4, -0.2) is 29.6 Å². The van der Waals surface area contributed by atoms with Crippen molar-refractivity contribution >= 4 is 50.1 Å². The average Bonchev–Trinajstić information content (AvgIpc) is 3.18. The molecule has 3 nitrogen and oxygen atoms in total. The van der Waals surface area contributed by atoms with Crippen molar-refractivity contribution in [1.82, 2.24) is 4.90 Å². The minimum absolute atomic E-state index is 0.339. The molecule has 0 bridgehead atoms. The van der Waals surface area contributed by atoms with Crippen molar-refractivity contribution in [2.45, 2.75) is 38.5 Å². The smallest absolute Gasteiger partial charge is 0.175 e. The van der Waals surface area contributed by atoms with Gasteiger partial charge in [0.2, 0.25) is 0 Å². The normalized spacial score (nSPS) is 15.3. The van der Waals surface area contributed by atoms with Crippen molar-refractivity contribution in [3.05, 3.63) is 59.0 Å². The molecular formula is C24H27F2N3S2. The second kappa shape index (κ2) is 10.0. The average molecular weight is 460 g/mol. The van der Waals surface area contributed by atoms with Crippen LogP contribution in [0.25, 0.3) is 10.1 Å². The maximum atomic E-state index is 13.4. The van der Waals surface area contributed by atoms with Gasteiger partial charge in [0.25, 0.3) is 0 Å². The number of likely N-dealkylation sites (tertiary alicyclic amines) is 1. The number of halogens is 2. The maximum Gasteiger partial charge on any atom is 0.175 e. The van der Waals surface area contributed by atoms with E-state index < -0.39 is 11.6 Å². The van der Waals surface area contributed by atoms with Gasteiger partial charge in [-0.2, -0.15) is 0 Å². The maximum absolute atomic E-state index is 13.4. The number of benzene rings is 2. The topological polar surface area (TPSA) is 27.3 Å². The summed E-state index contributed by atoms with van der Waals surface area (Å²) < 4.78 is 27.8. The fourth-order valence-electron chi connectivity index (χ4n) is 4.16. The van der Waals surface area contributed by atoms with Crippen LogP contribution in [0, 0.1) is 11.6 Å². The zero-order valence-corrected chi connectivity index (χ0v) is 19.2. The number of anilines is 2. The van der Waals surface area contributed by atoms with E-state index in [0.29, 0.717) is 16.7 Å². The molecule has 2 N–H and O–H groups in total. The predicted octanol–water partition coefficient (Wildman–Crippen LogP) is 6.97. The molecule has 4 rings (SSSR count). The number of fused-ring (bicyclic) bond motifs is 1. The van der Waals surface area contributed by atoms with Gasteiger partial charge in [0.05, 0.1) is 0 Å². The first-order valence-corrected chi connectivity index (χ1v) is 12.1. The Labute approximate surface area is 191 Å². The van der Waals surface area contributed by atoms with Crippen LogP contribution in [0.2, 0.25) is 0 Å². The van der Waals surface area contributed by atoms with E-state index in [1.165, 1.54) is 67.0 Å². The summed E-state index contributed by atoms with van der Waals surface area (Å²) in [6, 6.07) is 9.88. The lowest BCUT2D eigenvalue weighted by atomic mass is 9.89. The standard InChI is InChI=1S/C24H27F2N3S2/c1-2-3-10-29-11-8-16(9-12-29)20-15-31-23-7-5-17(13-19(20)23)27-24(30)28-18-4-6-21(25)22(26)14-18/h4-7,13-16H,2-3,8-12H2,1H3,(H2,27,28,30). The number of nitrogens with zero attached hydrogens (tertiary/aromatic N) is 1. The second-order valence-electron chi connectivity index (χ2n) is 8.08. The first-order valence-electron chi connectivity index (χ1n) is 10.8. The highest BCUT2D eigenvalue weighted by Crippen LogP contribution is 2.38. The Balaban J connectivity index is 1.43. The van der Waals surface area contributed by atoms with Crippen LogP contribution in [0.4, 0.5) is 20.2 Å². The number of thiophene rings is 1. The van der Waals surface area contributed by atoms with E-state index in [4.69, 9.17) is 12.2 Å². The van der Waals surface area contributed by atoms with Gasteiger partial charge in [0.1, 0.15) is 0 Å². The third-order valence-electron chi connectivity index (χ3n) is 5.89.